The lowest BCUT2D eigenvalue weighted by Gasteiger charge is -2.28. The number of anilines is 1. The molecule has 3 aliphatic rings. The van der Waals surface area contributed by atoms with E-state index >= 15 is 0 Å². The van der Waals surface area contributed by atoms with Crippen molar-refractivity contribution in [2.45, 2.75) is 59.3 Å². The summed E-state index contributed by atoms with van der Waals surface area (Å²) in [6.45, 7) is 11.6. The average Bonchev–Trinajstić information content (AvgIpc) is 3.51. The number of hydrogen-bond donors (Lipinski definition) is 1. The van der Waals surface area contributed by atoms with E-state index < -0.39 is 0 Å². The van der Waals surface area contributed by atoms with Crippen LogP contribution in [-0.4, -0.2) is 77.5 Å². The van der Waals surface area contributed by atoms with E-state index in [9.17, 15) is 9.59 Å². The van der Waals surface area contributed by atoms with Crippen LogP contribution < -0.4 is 10.2 Å². The van der Waals surface area contributed by atoms with Gasteiger partial charge in [0.15, 0.2) is 0 Å². The Morgan fingerprint density at radius 3 is 2.33 bits per heavy atom. The van der Waals surface area contributed by atoms with E-state index in [-0.39, 0.29) is 11.9 Å². The van der Waals surface area contributed by atoms with Gasteiger partial charge in [0, 0.05) is 50.0 Å². The molecule has 8 nitrogen and oxygen atoms in total. The van der Waals surface area contributed by atoms with Crippen molar-refractivity contribution in [3.05, 3.63) is 52.1 Å². The summed E-state index contributed by atoms with van der Waals surface area (Å²) >= 11 is 6.44. The molecule has 1 aromatic carbocycles. The Morgan fingerprint density at radius 1 is 1.00 bits per heavy atom. The van der Waals surface area contributed by atoms with Crippen LogP contribution in [0.1, 0.15) is 65.8 Å². The number of likely N-dealkylation sites (tertiary alicyclic amines) is 2. The van der Waals surface area contributed by atoms with Crippen molar-refractivity contribution in [3.8, 4) is 0 Å². The van der Waals surface area contributed by atoms with E-state index in [0.717, 1.165) is 68.3 Å². The van der Waals surface area contributed by atoms with Gasteiger partial charge in [0.05, 0.1) is 17.0 Å². The number of urea groups is 1. The van der Waals surface area contributed by atoms with E-state index in [1.54, 1.807) is 0 Å². The van der Waals surface area contributed by atoms with Crippen LogP contribution in [0.5, 0.6) is 0 Å². The fourth-order valence-corrected chi connectivity index (χ4v) is 6.94. The molecule has 2 aliphatic heterocycles. The molecule has 1 aromatic heterocycles. The molecule has 0 spiro atoms. The van der Waals surface area contributed by atoms with Crippen molar-refractivity contribution in [2.75, 3.05) is 50.7 Å². The van der Waals surface area contributed by atoms with Crippen LogP contribution in [0.25, 0.3) is 0 Å². The third-order valence-corrected chi connectivity index (χ3v) is 9.53. The second-order valence-corrected chi connectivity index (χ2v) is 12.4. The standard InChI is InChI=1S/C31H43ClN6O2/c1-21-10-11-27(14-28(21)32)38(31(40)33-15-24-8-5-4-6-9-24)13-7-12-36-16-25-18-37(19-26(25)17-36)30(39)29-22(2)34-20-35-23(29)3/h10-11,14,20,24-26H,4-9,12-13,15-19H2,1-3H3,(H,33,40). The Labute approximate surface area is 243 Å². The Bertz CT molecular complexity index is 1180. The molecular formula is C31H43ClN6O2. The molecule has 0 bridgehead atoms. The van der Waals surface area contributed by atoms with Crippen LogP contribution in [0.15, 0.2) is 24.5 Å². The lowest BCUT2D eigenvalue weighted by molar-refractivity contribution is 0.0771. The summed E-state index contributed by atoms with van der Waals surface area (Å²) in [6, 6.07) is 5.85. The molecular weight excluding hydrogens is 524 g/mol. The van der Waals surface area contributed by atoms with Crippen molar-refractivity contribution in [2.24, 2.45) is 17.8 Å². The number of carbonyl (C=O) groups is 2. The number of amides is 3. The molecule has 9 heteroatoms. The van der Waals surface area contributed by atoms with Crippen LogP contribution in [0, 0.1) is 38.5 Å². The minimum atomic E-state index is -0.0339. The first-order valence-corrected chi connectivity index (χ1v) is 15.3. The highest BCUT2D eigenvalue weighted by atomic mass is 35.5. The van der Waals surface area contributed by atoms with Crippen molar-refractivity contribution >= 4 is 29.2 Å². The predicted octanol–water partition coefficient (Wildman–Crippen LogP) is 5.25. The van der Waals surface area contributed by atoms with Gasteiger partial charge in [-0.2, -0.15) is 0 Å². The van der Waals surface area contributed by atoms with Gasteiger partial charge >= 0.3 is 6.03 Å². The minimum absolute atomic E-state index is 0.0339. The van der Waals surface area contributed by atoms with Gasteiger partial charge in [-0.1, -0.05) is 36.9 Å². The maximum Gasteiger partial charge on any atom is 0.321 e. The highest BCUT2D eigenvalue weighted by molar-refractivity contribution is 6.31. The van der Waals surface area contributed by atoms with Crippen molar-refractivity contribution in [1.82, 2.24) is 25.1 Å². The highest BCUT2D eigenvalue weighted by Crippen LogP contribution is 2.33. The Morgan fingerprint density at radius 2 is 1.68 bits per heavy atom. The minimum Gasteiger partial charge on any atom is -0.338 e. The summed E-state index contributed by atoms with van der Waals surface area (Å²) in [6.07, 6.45) is 8.65. The number of benzene rings is 1. The third kappa shape index (κ3) is 6.60. The number of halogens is 1. The highest BCUT2D eigenvalue weighted by Gasteiger charge is 2.42. The Balaban J connectivity index is 1.14. The van der Waals surface area contributed by atoms with Crippen LogP contribution in [-0.2, 0) is 0 Å². The van der Waals surface area contributed by atoms with Crippen LogP contribution in [0.4, 0.5) is 10.5 Å². The Hall–Kier alpha value is -2.71. The molecule has 2 saturated heterocycles. The van der Waals surface area contributed by atoms with Crippen molar-refractivity contribution in [1.29, 1.82) is 0 Å². The van der Waals surface area contributed by atoms with Gasteiger partial charge in [0.25, 0.3) is 5.91 Å². The summed E-state index contributed by atoms with van der Waals surface area (Å²) in [7, 11) is 0. The normalized spacial score (nSPS) is 21.4. The maximum absolute atomic E-state index is 13.3. The number of rotatable bonds is 8. The number of carbonyl (C=O) groups excluding carboxylic acids is 2. The zero-order chi connectivity index (χ0) is 28.2. The smallest absolute Gasteiger partial charge is 0.321 e. The lowest BCUT2D eigenvalue weighted by atomic mass is 9.89. The van der Waals surface area contributed by atoms with E-state index in [1.807, 2.05) is 48.8 Å². The molecule has 2 aromatic rings. The largest absolute Gasteiger partial charge is 0.338 e. The van der Waals surface area contributed by atoms with Gasteiger partial charge in [-0.25, -0.2) is 14.8 Å². The Kier molecular flexibility index (Phi) is 9.26. The van der Waals surface area contributed by atoms with Gasteiger partial charge < -0.3 is 15.1 Å². The van der Waals surface area contributed by atoms with Crippen molar-refractivity contribution < 1.29 is 9.59 Å². The molecule has 40 heavy (non-hydrogen) atoms. The molecule has 5 rings (SSSR count). The second-order valence-electron chi connectivity index (χ2n) is 12.0. The molecule has 1 aliphatic carbocycles. The zero-order valence-corrected chi connectivity index (χ0v) is 24.9. The summed E-state index contributed by atoms with van der Waals surface area (Å²) in [4.78, 5) is 41.4. The van der Waals surface area contributed by atoms with Gasteiger partial charge in [-0.3, -0.25) is 9.69 Å². The van der Waals surface area contributed by atoms with Gasteiger partial charge in [0.1, 0.15) is 6.33 Å². The molecule has 3 heterocycles. The third-order valence-electron chi connectivity index (χ3n) is 9.12. The van der Waals surface area contributed by atoms with Gasteiger partial charge in [-0.15, -0.1) is 0 Å². The number of hydrogen-bond acceptors (Lipinski definition) is 5. The first kappa shape index (κ1) is 28.8. The lowest BCUT2D eigenvalue weighted by Crippen LogP contribution is -2.43. The summed E-state index contributed by atoms with van der Waals surface area (Å²) < 4.78 is 0. The number of fused-ring (bicyclic) bond motifs is 1. The summed E-state index contributed by atoms with van der Waals surface area (Å²) in [5.74, 6) is 1.61. The predicted molar refractivity (Wildman–Crippen MR) is 159 cm³/mol. The van der Waals surface area contributed by atoms with E-state index in [1.165, 1.54) is 38.4 Å². The first-order valence-electron chi connectivity index (χ1n) is 14.9. The molecule has 2 unspecified atom stereocenters. The first-order chi connectivity index (χ1) is 19.3. The number of nitrogens with zero attached hydrogens (tertiary/aromatic N) is 5. The van der Waals surface area contributed by atoms with Gasteiger partial charge in [0.2, 0.25) is 0 Å². The number of aromatic nitrogens is 2. The number of nitrogens with one attached hydrogen (secondary N) is 1. The summed E-state index contributed by atoms with van der Waals surface area (Å²) in [5.41, 5.74) is 4.00. The van der Waals surface area contributed by atoms with Crippen LogP contribution in [0.2, 0.25) is 5.02 Å². The summed E-state index contributed by atoms with van der Waals surface area (Å²) in [5, 5.41) is 3.90. The molecule has 1 N–H and O–H groups in total. The fourth-order valence-electron chi connectivity index (χ4n) is 6.77. The molecule has 1 saturated carbocycles. The van der Waals surface area contributed by atoms with E-state index in [2.05, 4.69) is 20.2 Å². The second kappa shape index (κ2) is 12.9. The van der Waals surface area contributed by atoms with E-state index in [0.29, 0.717) is 34.9 Å². The molecule has 216 valence electrons. The van der Waals surface area contributed by atoms with E-state index in [4.69, 9.17) is 11.6 Å². The molecule has 0 radical (unpaired) electrons. The molecule has 2 atom stereocenters. The van der Waals surface area contributed by atoms with Gasteiger partial charge in [-0.05, 0) is 82.0 Å². The number of aryl methyl sites for hydroxylation is 3. The molecule has 3 amide bonds. The zero-order valence-electron chi connectivity index (χ0n) is 24.2. The molecule has 3 fully saturated rings. The van der Waals surface area contributed by atoms with Crippen molar-refractivity contribution in [3.63, 3.8) is 0 Å². The quantitative estimate of drug-likeness (QED) is 0.472. The van der Waals surface area contributed by atoms with Crippen LogP contribution >= 0.6 is 11.6 Å². The monoisotopic (exact) mass is 566 g/mol. The van der Waals surface area contributed by atoms with Crippen LogP contribution in [0.3, 0.4) is 0 Å². The fraction of sp³-hybridized carbons (Fsp3) is 0.613. The SMILES string of the molecule is Cc1ccc(N(CCCN2CC3CN(C(=O)c4c(C)ncnc4C)CC3C2)C(=O)NCC2CCCCC2)cc1Cl. The topological polar surface area (TPSA) is 81.7 Å². The maximum atomic E-state index is 13.3. The average molecular weight is 567 g/mol.